The van der Waals surface area contributed by atoms with Gasteiger partial charge in [0.1, 0.15) is 5.82 Å². The largest absolute Gasteiger partial charge is 0.363 e. The van der Waals surface area contributed by atoms with E-state index in [1.54, 1.807) is 0 Å². The summed E-state index contributed by atoms with van der Waals surface area (Å²) in [5.74, 6) is 0.298. The van der Waals surface area contributed by atoms with E-state index in [2.05, 4.69) is 62.9 Å². The van der Waals surface area contributed by atoms with E-state index in [1.807, 2.05) is 17.0 Å². The molecule has 1 unspecified atom stereocenters. The van der Waals surface area contributed by atoms with Crippen molar-refractivity contribution in [2.75, 3.05) is 24.5 Å². The second-order valence-electron chi connectivity index (χ2n) is 10.5. The predicted molar refractivity (Wildman–Crippen MR) is 144 cm³/mol. The molecule has 4 nitrogen and oxygen atoms in total. The molecule has 2 N–H and O–H groups in total. The van der Waals surface area contributed by atoms with Crippen molar-refractivity contribution >= 4 is 11.6 Å². The van der Waals surface area contributed by atoms with Crippen LogP contribution in [0.1, 0.15) is 58.1 Å². The summed E-state index contributed by atoms with van der Waals surface area (Å²) in [6.07, 6.45) is 6.84. The van der Waals surface area contributed by atoms with Crippen LogP contribution in [0.5, 0.6) is 0 Å². The molecule has 0 saturated carbocycles. The third kappa shape index (κ3) is 8.21. The van der Waals surface area contributed by atoms with Gasteiger partial charge in [0.15, 0.2) is 0 Å². The summed E-state index contributed by atoms with van der Waals surface area (Å²) in [4.78, 5) is 17.4. The van der Waals surface area contributed by atoms with E-state index in [0.717, 1.165) is 50.8 Å². The third-order valence-electron chi connectivity index (χ3n) is 6.77. The summed E-state index contributed by atoms with van der Waals surface area (Å²) in [7, 11) is 0. The van der Waals surface area contributed by atoms with E-state index < -0.39 is 6.04 Å². The third-order valence-corrected chi connectivity index (χ3v) is 6.77. The number of hydrogen-bond acceptors (Lipinski definition) is 3. The number of carbonyl (C=O) groups is 1. The van der Waals surface area contributed by atoms with Crippen LogP contribution in [0.4, 0.5) is 10.1 Å². The fourth-order valence-corrected chi connectivity index (χ4v) is 4.79. The lowest BCUT2D eigenvalue weighted by Gasteiger charge is -2.41. The van der Waals surface area contributed by atoms with Gasteiger partial charge in [0, 0.05) is 31.4 Å². The first-order valence-corrected chi connectivity index (χ1v) is 13.0. The summed E-state index contributed by atoms with van der Waals surface area (Å²) in [6, 6.07) is 15.4. The van der Waals surface area contributed by atoms with Gasteiger partial charge in [0.2, 0.25) is 5.91 Å². The number of likely N-dealkylation sites (tertiary alicyclic amines) is 1. The molecular weight excluding hydrogens is 437 g/mol. The Kier molecular flexibility index (Phi) is 9.91. The minimum absolute atomic E-state index is 0.0849. The maximum absolute atomic E-state index is 13.2. The quantitative estimate of drug-likeness (QED) is 0.442. The molecule has 0 bridgehead atoms. The first-order valence-electron chi connectivity index (χ1n) is 13.0. The molecule has 35 heavy (non-hydrogen) atoms. The van der Waals surface area contributed by atoms with Crippen LogP contribution in [0.25, 0.3) is 0 Å². The first-order chi connectivity index (χ1) is 16.7. The SMILES string of the molecule is CC(C)=CCN(c1ccc(CCc2ccc(F)cc2)cc1)[C@H]1CCCN(C(=O)C(N)CC(C)C)C1. The van der Waals surface area contributed by atoms with Crippen LogP contribution >= 0.6 is 0 Å². The van der Waals surface area contributed by atoms with Crippen molar-refractivity contribution in [1.29, 1.82) is 0 Å². The van der Waals surface area contributed by atoms with E-state index >= 15 is 0 Å². The number of rotatable bonds is 10. The van der Waals surface area contributed by atoms with E-state index in [4.69, 9.17) is 5.73 Å². The number of nitrogens with two attached hydrogens (primary N) is 1. The molecule has 1 aliphatic heterocycles. The van der Waals surface area contributed by atoms with Gasteiger partial charge in [0.05, 0.1) is 6.04 Å². The Balaban J connectivity index is 1.70. The van der Waals surface area contributed by atoms with Crippen molar-refractivity contribution in [1.82, 2.24) is 4.90 Å². The highest BCUT2D eigenvalue weighted by atomic mass is 19.1. The molecular formula is C30H42FN3O. The normalized spacial score (nSPS) is 16.8. The molecule has 0 aromatic heterocycles. The molecule has 0 radical (unpaired) electrons. The van der Waals surface area contributed by atoms with Crippen LogP contribution in [0.15, 0.2) is 60.2 Å². The van der Waals surface area contributed by atoms with E-state index in [9.17, 15) is 9.18 Å². The molecule has 2 aromatic rings. The van der Waals surface area contributed by atoms with Gasteiger partial charge in [-0.05, 0) is 87.3 Å². The number of amides is 1. The lowest BCUT2D eigenvalue weighted by molar-refractivity contribution is -0.134. The molecule has 1 amide bonds. The van der Waals surface area contributed by atoms with E-state index in [0.29, 0.717) is 12.5 Å². The van der Waals surface area contributed by atoms with Gasteiger partial charge in [-0.2, -0.15) is 0 Å². The predicted octanol–water partition coefficient (Wildman–Crippen LogP) is 5.75. The molecule has 2 aromatic carbocycles. The Morgan fingerprint density at radius 1 is 1.09 bits per heavy atom. The summed E-state index contributed by atoms with van der Waals surface area (Å²) in [6.45, 7) is 10.8. The molecule has 0 aliphatic carbocycles. The number of halogens is 1. The van der Waals surface area contributed by atoms with Crippen molar-refractivity contribution in [3.05, 3.63) is 77.1 Å². The number of piperidine rings is 1. The van der Waals surface area contributed by atoms with Crippen molar-refractivity contribution in [3.8, 4) is 0 Å². The zero-order chi connectivity index (χ0) is 25.4. The Morgan fingerprint density at radius 3 is 2.26 bits per heavy atom. The highest BCUT2D eigenvalue weighted by Crippen LogP contribution is 2.25. The number of carbonyl (C=O) groups excluding carboxylic acids is 1. The molecule has 0 spiro atoms. The summed E-state index contributed by atoms with van der Waals surface area (Å²) in [5, 5.41) is 0. The summed E-state index contributed by atoms with van der Waals surface area (Å²) in [5.41, 5.74) is 11.1. The van der Waals surface area contributed by atoms with Gasteiger partial charge in [-0.1, -0.05) is 49.8 Å². The van der Waals surface area contributed by atoms with Crippen LogP contribution in [-0.2, 0) is 17.6 Å². The monoisotopic (exact) mass is 479 g/mol. The molecule has 2 atom stereocenters. The molecule has 1 fully saturated rings. The van der Waals surface area contributed by atoms with Crippen molar-refractivity contribution in [2.24, 2.45) is 11.7 Å². The maximum atomic E-state index is 13.2. The molecule has 5 heteroatoms. The van der Waals surface area contributed by atoms with Gasteiger partial charge in [-0.3, -0.25) is 4.79 Å². The Morgan fingerprint density at radius 2 is 1.69 bits per heavy atom. The number of aryl methyl sites for hydroxylation is 2. The Labute approximate surface area is 211 Å². The zero-order valence-electron chi connectivity index (χ0n) is 21.8. The lowest BCUT2D eigenvalue weighted by Crippen LogP contribution is -2.54. The second kappa shape index (κ2) is 12.9. The van der Waals surface area contributed by atoms with Crippen molar-refractivity contribution < 1.29 is 9.18 Å². The topological polar surface area (TPSA) is 49.6 Å². The molecule has 190 valence electrons. The highest BCUT2D eigenvalue weighted by molar-refractivity contribution is 5.81. The number of hydrogen-bond donors (Lipinski definition) is 1. The molecule has 3 rings (SSSR count). The average molecular weight is 480 g/mol. The smallest absolute Gasteiger partial charge is 0.239 e. The van der Waals surface area contributed by atoms with Gasteiger partial charge in [0.25, 0.3) is 0 Å². The Hall–Kier alpha value is -2.66. The van der Waals surface area contributed by atoms with E-state index in [1.165, 1.54) is 29.0 Å². The lowest BCUT2D eigenvalue weighted by atomic mass is 9.99. The second-order valence-corrected chi connectivity index (χ2v) is 10.5. The molecule has 1 aliphatic rings. The number of allylic oxidation sites excluding steroid dienone is 1. The minimum atomic E-state index is -0.416. The van der Waals surface area contributed by atoms with Gasteiger partial charge in [-0.15, -0.1) is 0 Å². The highest BCUT2D eigenvalue weighted by Gasteiger charge is 2.30. The molecule has 1 saturated heterocycles. The first kappa shape index (κ1) is 26.9. The number of benzene rings is 2. The number of nitrogens with zero attached hydrogens (tertiary/aromatic N) is 2. The van der Waals surface area contributed by atoms with Crippen LogP contribution in [0.2, 0.25) is 0 Å². The van der Waals surface area contributed by atoms with Crippen LogP contribution in [-0.4, -0.2) is 42.5 Å². The fourth-order valence-electron chi connectivity index (χ4n) is 4.79. The fraction of sp³-hybridized carbons (Fsp3) is 0.500. The van der Waals surface area contributed by atoms with Crippen LogP contribution in [0.3, 0.4) is 0 Å². The summed E-state index contributed by atoms with van der Waals surface area (Å²) >= 11 is 0. The van der Waals surface area contributed by atoms with Crippen LogP contribution in [0, 0.1) is 11.7 Å². The standard InChI is InChI=1S/C30H42FN3O/c1-22(2)17-19-34(28-6-5-18-33(21-28)30(35)29(32)20-23(3)4)27-15-11-25(12-16-27)8-7-24-9-13-26(31)14-10-24/h9-17,23,28-29H,5-8,18-21,32H2,1-4H3/t28-,29?/m0/s1. The summed E-state index contributed by atoms with van der Waals surface area (Å²) < 4.78 is 13.2. The van der Waals surface area contributed by atoms with Gasteiger partial charge >= 0.3 is 0 Å². The van der Waals surface area contributed by atoms with E-state index in [-0.39, 0.29) is 17.8 Å². The molecule has 1 heterocycles. The zero-order valence-corrected chi connectivity index (χ0v) is 21.8. The Bertz CT molecular complexity index is 964. The van der Waals surface area contributed by atoms with Crippen LogP contribution < -0.4 is 10.6 Å². The maximum Gasteiger partial charge on any atom is 0.239 e. The average Bonchev–Trinajstić information content (AvgIpc) is 2.83. The van der Waals surface area contributed by atoms with Crippen molar-refractivity contribution in [2.45, 2.75) is 71.9 Å². The van der Waals surface area contributed by atoms with Gasteiger partial charge < -0.3 is 15.5 Å². The number of anilines is 1. The van der Waals surface area contributed by atoms with Gasteiger partial charge in [-0.25, -0.2) is 4.39 Å². The minimum Gasteiger partial charge on any atom is -0.363 e. The van der Waals surface area contributed by atoms with Crippen molar-refractivity contribution in [3.63, 3.8) is 0 Å².